The summed E-state index contributed by atoms with van der Waals surface area (Å²) in [6.07, 6.45) is 0. The van der Waals surface area contributed by atoms with Crippen LogP contribution >= 0.6 is 11.8 Å². The Labute approximate surface area is 127 Å². The van der Waals surface area contributed by atoms with Gasteiger partial charge >= 0.3 is 0 Å². The number of hydrogen-bond donors (Lipinski definition) is 2. The van der Waals surface area contributed by atoms with Gasteiger partial charge in [-0.1, -0.05) is 23.9 Å². The zero-order valence-corrected chi connectivity index (χ0v) is 12.5. The summed E-state index contributed by atoms with van der Waals surface area (Å²) < 4.78 is 13.0. The quantitative estimate of drug-likeness (QED) is 0.548. The molecule has 3 aromatic rings. The number of thioether (sulfide) groups is 1. The van der Waals surface area contributed by atoms with E-state index in [1.54, 1.807) is 17.8 Å². The van der Waals surface area contributed by atoms with Crippen LogP contribution < -0.4 is 5.32 Å². The van der Waals surface area contributed by atoms with Crippen LogP contribution in [0, 0.1) is 12.7 Å². The largest absolute Gasteiger partial charge is 0.384 e. The molecule has 0 saturated carbocycles. The SMILES string of the molecule is Cc1ccc2nc(SCCNc3cccc(F)c3)[nH]c2c1. The van der Waals surface area contributed by atoms with Gasteiger partial charge in [-0.05, 0) is 42.8 Å². The zero-order chi connectivity index (χ0) is 14.7. The smallest absolute Gasteiger partial charge is 0.166 e. The van der Waals surface area contributed by atoms with Crippen molar-refractivity contribution in [2.45, 2.75) is 12.1 Å². The molecule has 0 bridgehead atoms. The van der Waals surface area contributed by atoms with Crippen molar-refractivity contribution in [2.75, 3.05) is 17.6 Å². The Kier molecular flexibility index (Phi) is 4.10. The van der Waals surface area contributed by atoms with Gasteiger partial charge in [-0.2, -0.15) is 0 Å². The maximum atomic E-state index is 13.0. The molecule has 0 amide bonds. The number of hydrogen-bond acceptors (Lipinski definition) is 3. The van der Waals surface area contributed by atoms with E-state index in [2.05, 4.69) is 34.3 Å². The standard InChI is InChI=1S/C16H16FN3S/c1-11-5-6-14-15(9-11)20-16(19-14)21-8-7-18-13-4-2-3-12(17)10-13/h2-6,9-10,18H,7-8H2,1H3,(H,19,20). The first-order valence-corrected chi connectivity index (χ1v) is 7.78. The van der Waals surface area contributed by atoms with Crippen molar-refractivity contribution in [2.24, 2.45) is 0 Å². The molecule has 3 nitrogen and oxygen atoms in total. The minimum atomic E-state index is -0.222. The second kappa shape index (κ2) is 6.18. The van der Waals surface area contributed by atoms with Crippen LogP contribution in [0.1, 0.15) is 5.56 Å². The number of rotatable bonds is 5. The fourth-order valence-electron chi connectivity index (χ4n) is 2.11. The lowest BCUT2D eigenvalue weighted by Crippen LogP contribution is -2.04. The first kappa shape index (κ1) is 13.9. The van der Waals surface area contributed by atoms with E-state index in [-0.39, 0.29) is 5.82 Å². The van der Waals surface area contributed by atoms with Gasteiger partial charge in [0.1, 0.15) is 5.82 Å². The molecular weight excluding hydrogens is 285 g/mol. The minimum Gasteiger partial charge on any atom is -0.384 e. The molecule has 0 radical (unpaired) electrons. The molecule has 5 heteroatoms. The number of halogens is 1. The maximum absolute atomic E-state index is 13.0. The van der Waals surface area contributed by atoms with Crippen LogP contribution in [-0.2, 0) is 0 Å². The van der Waals surface area contributed by atoms with Crippen molar-refractivity contribution < 1.29 is 4.39 Å². The van der Waals surface area contributed by atoms with Gasteiger partial charge in [-0.25, -0.2) is 9.37 Å². The van der Waals surface area contributed by atoms with Crippen LogP contribution in [0.5, 0.6) is 0 Å². The first-order chi connectivity index (χ1) is 10.2. The Balaban J connectivity index is 1.54. The molecule has 0 fully saturated rings. The van der Waals surface area contributed by atoms with E-state index in [4.69, 9.17) is 0 Å². The van der Waals surface area contributed by atoms with E-state index in [0.717, 1.165) is 34.2 Å². The number of benzene rings is 2. The van der Waals surface area contributed by atoms with E-state index < -0.39 is 0 Å². The summed E-state index contributed by atoms with van der Waals surface area (Å²) in [5.41, 5.74) is 4.07. The molecule has 0 aliphatic carbocycles. The van der Waals surface area contributed by atoms with Gasteiger partial charge in [-0.15, -0.1) is 0 Å². The van der Waals surface area contributed by atoms with Crippen molar-refractivity contribution in [1.29, 1.82) is 0 Å². The van der Waals surface area contributed by atoms with Gasteiger partial charge in [-0.3, -0.25) is 0 Å². The lowest BCUT2D eigenvalue weighted by Gasteiger charge is -2.04. The summed E-state index contributed by atoms with van der Waals surface area (Å²) in [4.78, 5) is 7.84. The van der Waals surface area contributed by atoms with Crippen molar-refractivity contribution in [3.8, 4) is 0 Å². The average Bonchev–Trinajstić information content (AvgIpc) is 2.85. The number of nitrogens with zero attached hydrogens (tertiary/aromatic N) is 1. The lowest BCUT2D eigenvalue weighted by molar-refractivity contribution is 0.628. The zero-order valence-electron chi connectivity index (χ0n) is 11.7. The number of aryl methyl sites for hydroxylation is 1. The summed E-state index contributed by atoms with van der Waals surface area (Å²) in [6.45, 7) is 2.82. The van der Waals surface area contributed by atoms with Crippen molar-refractivity contribution >= 4 is 28.5 Å². The number of imidazole rings is 1. The summed E-state index contributed by atoms with van der Waals surface area (Å²) in [5, 5.41) is 4.11. The number of aromatic nitrogens is 2. The first-order valence-electron chi connectivity index (χ1n) is 6.79. The monoisotopic (exact) mass is 301 g/mol. The third-order valence-electron chi connectivity index (χ3n) is 3.11. The summed E-state index contributed by atoms with van der Waals surface area (Å²) in [6, 6.07) is 12.7. The highest BCUT2D eigenvalue weighted by molar-refractivity contribution is 7.99. The van der Waals surface area contributed by atoms with Crippen molar-refractivity contribution in [1.82, 2.24) is 9.97 Å². The topological polar surface area (TPSA) is 40.7 Å². The molecule has 0 aliphatic heterocycles. The number of nitrogens with one attached hydrogen (secondary N) is 2. The maximum Gasteiger partial charge on any atom is 0.166 e. The molecule has 2 aromatic carbocycles. The molecule has 1 heterocycles. The Morgan fingerprint density at radius 3 is 3.00 bits per heavy atom. The fraction of sp³-hybridized carbons (Fsp3) is 0.188. The number of fused-ring (bicyclic) bond motifs is 1. The molecule has 0 aliphatic rings. The van der Waals surface area contributed by atoms with Crippen LogP contribution in [0.15, 0.2) is 47.6 Å². The van der Waals surface area contributed by atoms with Crippen LogP contribution in [-0.4, -0.2) is 22.3 Å². The Morgan fingerprint density at radius 2 is 2.14 bits per heavy atom. The molecule has 0 spiro atoms. The average molecular weight is 301 g/mol. The summed E-state index contributed by atoms with van der Waals surface area (Å²) in [5.74, 6) is 0.635. The Hall–Kier alpha value is -2.01. The Morgan fingerprint density at radius 1 is 1.24 bits per heavy atom. The summed E-state index contributed by atoms with van der Waals surface area (Å²) >= 11 is 1.65. The molecule has 2 N–H and O–H groups in total. The van der Waals surface area contributed by atoms with E-state index in [1.165, 1.54) is 17.7 Å². The minimum absolute atomic E-state index is 0.222. The van der Waals surface area contributed by atoms with Gasteiger partial charge in [0.25, 0.3) is 0 Å². The van der Waals surface area contributed by atoms with Crippen molar-refractivity contribution in [3.63, 3.8) is 0 Å². The van der Waals surface area contributed by atoms with Gasteiger partial charge < -0.3 is 10.3 Å². The Bertz CT molecular complexity index is 754. The van der Waals surface area contributed by atoms with Gasteiger partial charge in [0.2, 0.25) is 0 Å². The van der Waals surface area contributed by atoms with Gasteiger partial charge in [0, 0.05) is 18.0 Å². The molecule has 0 saturated heterocycles. The normalized spacial score (nSPS) is 11.0. The van der Waals surface area contributed by atoms with Crippen LogP contribution in [0.2, 0.25) is 0 Å². The van der Waals surface area contributed by atoms with Crippen LogP contribution in [0.4, 0.5) is 10.1 Å². The number of H-pyrrole nitrogens is 1. The molecule has 0 unspecified atom stereocenters. The highest BCUT2D eigenvalue weighted by atomic mass is 32.2. The second-order valence-corrected chi connectivity index (χ2v) is 5.93. The lowest BCUT2D eigenvalue weighted by atomic mass is 10.2. The van der Waals surface area contributed by atoms with E-state index in [0.29, 0.717) is 0 Å². The van der Waals surface area contributed by atoms with E-state index >= 15 is 0 Å². The highest BCUT2D eigenvalue weighted by Gasteiger charge is 2.03. The molecule has 0 atom stereocenters. The van der Waals surface area contributed by atoms with Crippen molar-refractivity contribution in [3.05, 3.63) is 53.8 Å². The van der Waals surface area contributed by atoms with E-state index in [1.807, 2.05) is 12.1 Å². The predicted octanol–water partition coefficient (Wildman–Crippen LogP) is 4.21. The molecule has 3 rings (SSSR count). The molecule has 108 valence electrons. The third kappa shape index (κ3) is 3.55. The fourth-order valence-corrected chi connectivity index (χ4v) is 2.85. The van der Waals surface area contributed by atoms with Gasteiger partial charge in [0.15, 0.2) is 5.16 Å². The number of aromatic amines is 1. The van der Waals surface area contributed by atoms with Gasteiger partial charge in [0.05, 0.1) is 11.0 Å². The highest BCUT2D eigenvalue weighted by Crippen LogP contribution is 2.20. The third-order valence-corrected chi connectivity index (χ3v) is 3.99. The molecule has 1 aromatic heterocycles. The van der Waals surface area contributed by atoms with E-state index in [9.17, 15) is 4.39 Å². The van der Waals surface area contributed by atoms with Crippen LogP contribution in [0.25, 0.3) is 11.0 Å². The molecular formula is C16H16FN3S. The predicted molar refractivity (Wildman–Crippen MR) is 86.4 cm³/mol. The summed E-state index contributed by atoms with van der Waals surface area (Å²) in [7, 11) is 0. The second-order valence-electron chi connectivity index (χ2n) is 4.85. The molecule has 21 heavy (non-hydrogen) atoms. The number of anilines is 1. The van der Waals surface area contributed by atoms with Crippen LogP contribution in [0.3, 0.4) is 0 Å².